The molecule has 2 aromatic heterocycles. The van der Waals surface area contributed by atoms with Gasteiger partial charge in [0.2, 0.25) is 5.78 Å². The van der Waals surface area contributed by atoms with Crippen LogP contribution in [0.15, 0.2) is 12.1 Å². The first-order valence-electron chi connectivity index (χ1n) is 5.83. The molecule has 0 saturated carbocycles. The Morgan fingerprint density at radius 2 is 2.15 bits per heavy atom. The largest absolute Gasteiger partial charge is 0.396 e. The minimum atomic E-state index is -0.197. The molecule has 0 amide bonds. The van der Waals surface area contributed by atoms with Gasteiger partial charge in [0.1, 0.15) is 21.5 Å². The Bertz CT molecular complexity index is 697. The molecule has 20 heavy (non-hydrogen) atoms. The zero-order valence-corrected chi connectivity index (χ0v) is 13.2. The first-order chi connectivity index (χ1) is 9.43. The maximum Gasteiger partial charge on any atom is 0.215 e. The Balaban J connectivity index is 2.45. The Hall–Kier alpha value is -1.55. The van der Waals surface area contributed by atoms with Crippen LogP contribution >= 0.6 is 34.3 Å². The smallest absolute Gasteiger partial charge is 0.215 e. The normalized spacial score (nSPS) is 10.6. The first-order valence-corrected chi connectivity index (χ1v) is 7.84. The molecule has 3 N–H and O–H groups in total. The van der Waals surface area contributed by atoms with Crippen LogP contribution in [0.1, 0.15) is 34.0 Å². The molecule has 2 aromatic rings. The van der Waals surface area contributed by atoms with Crippen LogP contribution < -0.4 is 11.1 Å². The van der Waals surface area contributed by atoms with E-state index in [0.717, 1.165) is 0 Å². The van der Waals surface area contributed by atoms with Gasteiger partial charge in [0.05, 0.1) is 14.9 Å². The summed E-state index contributed by atoms with van der Waals surface area (Å²) in [6, 6.07) is 5.53. The summed E-state index contributed by atoms with van der Waals surface area (Å²) in [5, 5.41) is 13.0. The molecular weight excluding hydrogens is 314 g/mol. The van der Waals surface area contributed by atoms with E-state index in [1.807, 2.05) is 19.9 Å². The maximum absolute atomic E-state index is 12.4. The molecule has 0 aliphatic rings. The molecule has 0 aliphatic heterocycles. The highest BCUT2D eigenvalue weighted by atomic mass is 35.5. The number of halogens is 1. The van der Waals surface area contributed by atoms with E-state index in [2.05, 4.69) is 5.32 Å². The molecule has 4 nitrogen and oxygen atoms in total. The van der Waals surface area contributed by atoms with Crippen molar-refractivity contribution >= 4 is 50.7 Å². The number of hydrogen-bond acceptors (Lipinski definition) is 6. The van der Waals surface area contributed by atoms with Crippen LogP contribution in [0, 0.1) is 11.3 Å². The average molecular weight is 326 g/mol. The summed E-state index contributed by atoms with van der Waals surface area (Å²) in [6.45, 7) is 3.91. The van der Waals surface area contributed by atoms with Crippen molar-refractivity contribution < 1.29 is 4.79 Å². The highest BCUT2D eigenvalue weighted by Gasteiger charge is 2.23. The topological polar surface area (TPSA) is 78.9 Å². The molecule has 104 valence electrons. The third kappa shape index (κ3) is 2.80. The van der Waals surface area contributed by atoms with E-state index < -0.39 is 0 Å². The minimum absolute atomic E-state index is 0.152. The number of carbonyl (C=O) groups is 1. The molecule has 0 spiro atoms. The first kappa shape index (κ1) is 14.9. The van der Waals surface area contributed by atoms with E-state index in [9.17, 15) is 10.1 Å². The van der Waals surface area contributed by atoms with Gasteiger partial charge < -0.3 is 11.1 Å². The predicted octanol–water partition coefficient (Wildman–Crippen LogP) is 3.97. The number of nitrogens with two attached hydrogens (primary N) is 1. The molecule has 0 fully saturated rings. The minimum Gasteiger partial charge on any atom is -0.396 e. The van der Waals surface area contributed by atoms with Gasteiger partial charge in [0.25, 0.3) is 0 Å². The van der Waals surface area contributed by atoms with E-state index in [1.54, 1.807) is 12.1 Å². The lowest BCUT2D eigenvalue weighted by Crippen LogP contribution is -2.09. The van der Waals surface area contributed by atoms with Gasteiger partial charge in [-0.25, -0.2) is 0 Å². The summed E-state index contributed by atoms with van der Waals surface area (Å²) >= 11 is 8.24. The van der Waals surface area contributed by atoms with Gasteiger partial charge in [-0.05, 0) is 26.0 Å². The van der Waals surface area contributed by atoms with Crippen molar-refractivity contribution in [3.8, 4) is 6.07 Å². The van der Waals surface area contributed by atoms with Crippen LogP contribution in [0.5, 0.6) is 0 Å². The molecule has 0 saturated heterocycles. The Labute approximate surface area is 129 Å². The summed E-state index contributed by atoms with van der Waals surface area (Å²) in [5.41, 5.74) is 6.49. The predicted molar refractivity (Wildman–Crippen MR) is 85.0 cm³/mol. The summed E-state index contributed by atoms with van der Waals surface area (Å²) in [5.74, 6) is -0.197. The molecule has 0 unspecified atom stereocenters. The van der Waals surface area contributed by atoms with Crippen LogP contribution in [0.3, 0.4) is 0 Å². The van der Waals surface area contributed by atoms with Crippen molar-refractivity contribution in [2.45, 2.75) is 19.9 Å². The lowest BCUT2D eigenvalue weighted by Gasteiger charge is -2.06. The highest BCUT2D eigenvalue weighted by Crippen LogP contribution is 2.38. The molecule has 2 rings (SSSR count). The van der Waals surface area contributed by atoms with Crippen LogP contribution in [0.4, 0.5) is 10.7 Å². The van der Waals surface area contributed by atoms with Gasteiger partial charge in [-0.2, -0.15) is 5.26 Å². The van der Waals surface area contributed by atoms with Gasteiger partial charge in [-0.3, -0.25) is 4.79 Å². The standard InChI is InChI=1S/C13H12ClN3OS2/c1-6(2)17-13-7(5-15)10(16)12(20-13)11(18)8-3-4-9(14)19-8/h3-4,6,17H,16H2,1-2H3. The van der Waals surface area contributed by atoms with E-state index >= 15 is 0 Å². The zero-order chi connectivity index (χ0) is 14.9. The molecule has 0 aliphatic carbocycles. The Kier molecular flexibility index (Phi) is 4.33. The van der Waals surface area contributed by atoms with Crippen LogP contribution in [-0.4, -0.2) is 11.8 Å². The SMILES string of the molecule is CC(C)Nc1sc(C(=O)c2ccc(Cl)s2)c(N)c1C#N. The number of nitriles is 1. The monoisotopic (exact) mass is 325 g/mol. The fourth-order valence-corrected chi connectivity index (χ4v) is 3.86. The molecular formula is C13H12ClN3OS2. The fourth-order valence-electron chi connectivity index (χ4n) is 1.64. The van der Waals surface area contributed by atoms with E-state index in [0.29, 0.717) is 24.7 Å². The second-order valence-electron chi connectivity index (χ2n) is 4.39. The van der Waals surface area contributed by atoms with Crippen molar-refractivity contribution in [2.24, 2.45) is 0 Å². The number of nitrogens with one attached hydrogen (secondary N) is 1. The third-order valence-corrected chi connectivity index (χ3v) is 4.85. The maximum atomic E-state index is 12.4. The second-order valence-corrected chi connectivity index (χ2v) is 7.13. The van der Waals surface area contributed by atoms with E-state index in [4.69, 9.17) is 17.3 Å². The van der Waals surface area contributed by atoms with Crippen molar-refractivity contribution in [3.05, 3.63) is 31.8 Å². The molecule has 0 radical (unpaired) electrons. The van der Waals surface area contributed by atoms with Crippen molar-refractivity contribution in [2.75, 3.05) is 11.1 Å². The number of nitrogens with zero attached hydrogens (tertiary/aromatic N) is 1. The van der Waals surface area contributed by atoms with Gasteiger partial charge >= 0.3 is 0 Å². The van der Waals surface area contributed by atoms with Gasteiger partial charge in [-0.1, -0.05) is 11.6 Å². The number of nitrogen functional groups attached to an aromatic ring is 1. The third-order valence-electron chi connectivity index (χ3n) is 2.48. The molecule has 0 bridgehead atoms. The molecule has 0 atom stereocenters. The highest BCUT2D eigenvalue weighted by molar-refractivity contribution is 7.21. The number of hydrogen-bond donors (Lipinski definition) is 2. The summed E-state index contributed by atoms with van der Waals surface area (Å²) < 4.78 is 0.546. The van der Waals surface area contributed by atoms with Crippen LogP contribution in [0.2, 0.25) is 4.34 Å². The lowest BCUT2D eigenvalue weighted by molar-refractivity contribution is 0.104. The van der Waals surface area contributed by atoms with Crippen molar-refractivity contribution in [1.82, 2.24) is 0 Å². The van der Waals surface area contributed by atoms with E-state index in [-0.39, 0.29) is 17.5 Å². The van der Waals surface area contributed by atoms with Crippen LogP contribution in [-0.2, 0) is 0 Å². The van der Waals surface area contributed by atoms with Gasteiger partial charge in [0, 0.05) is 6.04 Å². The summed E-state index contributed by atoms with van der Waals surface area (Å²) in [7, 11) is 0. The lowest BCUT2D eigenvalue weighted by atomic mass is 10.2. The molecule has 0 aromatic carbocycles. The molecule has 7 heteroatoms. The van der Waals surface area contributed by atoms with Gasteiger partial charge in [-0.15, -0.1) is 22.7 Å². The fraction of sp³-hybridized carbons (Fsp3) is 0.231. The van der Waals surface area contributed by atoms with Crippen LogP contribution in [0.25, 0.3) is 0 Å². The second kappa shape index (κ2) is 5.83. The number of rotatable bonds is 4. The van der Waals surface area contributed by atoms with Crippen molar-refractivity contribution in [3.63, 3.8) is 0 Å². The summed E-state index contributed by atoms with van der Waals surface area (Å²) in [6.07, 6.45) is 0. The number of anilines is 2. The number of ketones is 1. The molecule has 2 heterocycles. The summed E-state index contributed by atoms with van der Waals surface area (Å²) in [4.78, 5) is 13.3. The van der Waals surface area contributed by atoms with Gasteiger partial charge in [0.15, 0.2) is 0 Å². The van der Waals surface area contributed by atoms with Crippen molar-refractivity contribution in [1.29, 1.82) is 5.26 Å². The Morgan fingerprint density at radius 1 is 1.45 bits per heavy atom. The Morgan fingerprint density at radius 3 is 2.65 bits per heavy atom. The number of carbonyl (C=O) groups excluding carboxylic acids is 1. The zero-order valence-electron chi connectivity index (χ0n) is 10.9. The number of thiophene rings is 2. The quantitative estimate of drug-likeness (QED) is 0.834. The van der Waals surface area contributed by atoms with E-state index in [1.165, 1.54) is 22.7 Å². The average Bonchev–Trinajstić information content (AvgIpc) is 2.92.